The molecule has 1 fully saturated rings. The fourth-order valence-corrected chi connectivity index (χ4v) is 3.40. The van der Waals surface area contributed by atoms with Crippen molar-refractivity contribution in [3.05, 3.63) is 78.4 Å². The van der Waals surface area contributed by atoms with E-state index in [-0.39, 0.29) is 11.8 Å². The maximum atomic E-state index is 12.1. The lowest BCUT2D eigenvalue weighted by Gasteiger charge is -2.31. The Bertz CT molecular complexity index is 737. The Morgan fingerprint density at radius 1 is 1.11 bits per heavy atom. The van der Waals surface area contributed by atoms with Crippen molar-refractivity contribution in [2.75, 3.05) is 19.6 Å². The summed E-state index contributed by atoms with van der Waals surface area (Å²) in [4.78, 5) is 14.5. The second-order valence-electron chi connectivity index (χ2n) is 7.01. The van der Waals surface area contributed by atoms with E-state index in [0.29, 0.717) is 13.2 Å². The van der Waals surface area contributed by atoms with Gasteiger partial charge in [-0.05, 0) is 49.2 Å². The van der Waals surface area contributed by atoms with Crippen molar-refractivity contribution in [2.24, 2.45) is 5.92 Å². The standard InChI is InChI=1S/C23H28N2O2/c1-2-13-24-23(26)21-11-14-25(15-12-21)17-20-9-6-10-22(16-20)27-18-19-7-4-3-5-8-19/h2-10,16,21H,1,11-15,17-18H2,(H,24,26). The maximum absolute atomic E-state index is 12.1. The molecule has 1 N–H and O–H groups in total. The van der Waals surface area contributed by atoms with Crippen LogP contribution in [0.4, 0.5) is 0 Å². The molecule has 0 unspecified atom stereocenters. The molecule has 4 heteroatoms. The molecular weight excluding hydrogens is 336 g/mol. The van der Waals surface area contributed by atoms with Gasteiger partial charge in [-0.2, -0.15) is 0 Å². The molecule has 2 aromatic carbocycles. The Morgan fingerprint density at radius 3 is 2.59 bits per heavy atom. The number of benzene rings is 2. The molecular formula is C23H28N2O2. The van der Waals surface area contributed by atoms with Crippen molar-refractivity contribution in [3.63, 3.8) is 0 Å². The highest BCUT2D eigenvalue weighted by atomic mass is 16.5. The predicted molar refractivity (Wildman–Crippen MR) is 108 cm³/mol. The molecule has 0 aromatic heterocycles. The van der Waals surface area contributed by atoms with E-state index in [0.717, 1.165) is 38.2 Å². The molecule has 0 saturated carbocycles. The summed E-state index contributed by atoms with van der Waals surface area (Å²) in [6.45, 7) is 7.55. The lowest BCUT2D eigenvalue weighted by Crippen LogP contribution is -2.40. The SMILES string of the molecule is C=CCNC(=O)C1CCN(Cc2cccc(OCc3ccccc3)c2)CC1. The van der Waals surface area contributed by atoms with Crippen LogP contribution in [0.25, 0.3) is 0 Å². The van der Waals surface area contributed by atoms with Gasteiger partial charge in [0.05, 0.1) is 0 Å². The number of hydrogen-bond donors (Lipinski definition) is 1. The van der Waals surface area contributed by atoms with Crippen molar-refractivity contribution >= 4 is 5.91 Å². The second-order valence-corrected chi connectivity index (χ2v) is 7.01. The van der Waals surface area contributed by atoms with Gasteiger partial charge in [-0.1, -0.05) is 48.5 Å². The van der Waals surface area contributed by atoms with E-state index in [1.165, 1.54) is 11.1 Å². The van der Waals surface area contributed by atoms with E-state index in [4.69, 9.17) is 4.74 Å². The Kier molecular flexibility index (Phi) is 7.05. The summed E-state index contributed by atoms with van der Waals surface area (Å²) in [5.74, 6) is 1.18. The number of amides is 1. The average molecular weight is 364 g/mol. The molecule has 0 bridgehead atoms. The Morgan fingerprint density at radius 2 is 1.85 bits per heavy atom. The number of piperidine rings is 1. The first-order valence-corrected chi connectivity index (χ1v) is 9.61. The molecule has 1 amide bonds. The van der Waals surface area contributed by atoms with Crippen molar-refractivity contribution in [1.82, 2.24) is 10.2 Å². The third-order valence-corrected chi connectivity index (χ3v) is 4.93. The quantitative estimate of drug-likeness (QED) is 0.725. The first kappa shape index (κ1) is 19.2. The number of rotatable bonds is 8. The smallest absolute Gasteiger partial charge is 0.223 e. The number of carbonyl (C=O) groups is 1. The van der Waals surface area contributed by atoms with Crippen molar-refractivity contribution in [2.45, 2.75) is 26.0 Å². The van der Waals surface area contributed by atoms with Gasteiger partial charge in [-0.15, -0.1) is 6.58 Å². The Hall–Kier alpha value is -2.59. The van der Waals surface area contributed by atoms with E-state index in [1.807, 2.05) is 30.3 Å². The largest absolute Gasteiger partial charge is 0.489 e. The molecule has 4 nitrogen and oxygen atoms in total. The summed E-state index contributed by atoms with van der Waals surface area (Å²) < 4.78 is 5.93. The highest BCUT2D eigenvalue weighted by Crippen LogP contribution is 2.21. The minimum atomic E-state index is 0.127. The van der Waals surface area contributed by atoms with Crippen LogP contribution in [-0.2, 0) is 17.9 Å². The zero-order valence-corrected chi connectivity index (χ0v) is 15.8. The van der Waals surface area contributed by atoms with Crippen molar-refractivity contribution in [3.8, 4) is 5.75 Å². The Labute approximate surface area is 161 Å². The van der Waals surface area contributed by atoms with Crippen LogP contribution in [0.1, 0.15) is 24.0 Å². The van der Waals surface area contributed by atoms with Gasteiger partial charge in [0.15, 0.2) is 0 Å². The zero-order valence-electron chi connectivity index (χ0n) is 15.8. The number of hydrogen-bond acceptors (Lipinski definition) is 3. The van der Waals surface area contributed by atoms with Crippen molar-refractivity contribution < 1.29 is 9.53 Å². The first-order chi connectivity index (χ1) is 13.2. The number of likely N-dealkylation sites (tertiary alicyclic amines) is 1. The molecule has 27 heavy (non-hydrogen) atoms. The highest BCUT2D eigenvalue weighted by molar-refractivity contribution is 5.78. The summed E-state index contributed by atoms with van der Waals surface area (Å²) in [6, 6.07) is 18.5. The molecule has 0 aliphatic carbocycles. The van der Waals surface area contributed by atoms with Crippen LogP contribution in [0.15, 0.2) is 67.3 Å². The number of nitrogens with one attached hydrogen (secondary N) is 1. The minimum absolute atomic E-state index is 0.127. The molecule has 142 valence electrons. The summed E-state index contributed by atoms with van der Waals surface area (Å²) in [7, 11) is 0. The molecule has 1 aliphatic heterocycles. The van der Waals surface area contributed by atoms with E-state index in [2.05, 4.69) is 41.1 Å². The summed E-state index contributed by atoms with van der Waals surface area (Å²) in [5.41, 5.74) is 2.41. The summed E-state index contributed by atoms with van der Waals surface area (Å²) >= 11 is 0. The first-order valence-electron chi connectivity index (χ1n) is 9.61. The normalized spacial score (nSPS) is 15.3. The van der Waals surface area contributed by atoms with Crippen LogP contribution in [0.2, 0.25) is 0 Å². The zero-order chi connectivity index (χ0) is 18.9. The van der Waals surface area contributed by atoms with Gasteiger partial charge in [0.25, 0.3) is 0 Å². The van der Waals surface area contributed by atoms with E-state index in [1.54, 1.807) is 6.08 Å². The van der Waals surface area contributed by atoms with Gasteiger partial charge >= 0.3 is 0 Å². The van der Waals surface area contributed by atoms with Gasteiger partial charge < -0.3 is 10.1 Å². The lowest BCUT2D eigenvalue weighted by molar-refractivity contribution is -0.126. The predicted octanol–water partition coefficient (Wildman–Crippen LogP) is 3.78. The van der Waals surface area contributed by atoms with Gasteiger partial charge in [0, 0.05) is 19.0 Å². The lowest BCUT2D eigenvalue weighted by atomic mass is 9.95. The van der Waals surface area contributed by atoms with Crippen LogP contribution in [-0.4, -0.2) is 30.4 Å². The fraction of sp³-hybridized carbons (Fsp3) is 0.348. The van der Waals surface area contributed by atoms with Crippen LogP contribution >= 0.6 is 0 Å². The van der Waals surface area contributed by atoms with Gasteiger partial charge in [-0.3, -0.25) is 9.69 Å². The van der Waals surface area contributed by atoms with Crippen LogP contribution < -0.4 is 10.1 Å². The van der Waals surface area contributed by atoms with Crippen molar-refractivity contribution in [1.29, 1.82) is 0 Å². The monoisotopic (exact) mass is 364 g/mol. The van der Waals surface area contributed by atoms with Crippen LogP contribution in [0, 0.1) is 5.92 Å². The van der Waals surface area contributed by atoms with Gasteiger partial charge in [0.1, 0.15) is 12.4 Å². The molecule has 0 radical (unpaired) electrons. The topological polar surface area (TPSA) is 41.6 Å². The van der Waals surface area contributed by atoms with E-state index >= 15 is 0 Å². The highest BCUT2D eigenvalue weighted by Gasteiger charge is 2.24. The summed E-state index contributed by atoms with van der Waals surface area (Å²) in [5, 5.41) is 2.91. The van der Waals surface area contributed by atoms with Gasteiger partial charge in [0.2, 0.25) is 5.91 Å². The number of carbonyl (C=O) groups excluding carboxylic acids is 1. The molecule has 0 spiro atoms. The minimum Gasteiger partial charge on any atom is -0.489 e. The van der Waals surface area contributed by atoms with E-state index < -0.39 is 0 Å². The summed E-state index contributed by atoms with van der Waals surface area (Å²) in [6.07, 6.45) is 3.54. The molecule has 0 atom stereocenters. The van der Waals surface area contributed by atoms with E-state index in [9.17, 15) is 4.79 Å². The fourth-order valence-electron chi connectivity index (χ4n) is 3.40. The second kappa shape index (κ2) is 9.93. The number of ether oxygens (including phenoxy) is 1. The van der Waals surface area contributed by atoms with Gasteiger partial charge in [-0.25, -0.2) is 0 Å². The molecule has 1 heterocycles. The average Bonchev–Trinajstić information content (AvgIpc) is 2.72. The molecule has 1 saturated heterocycles. The van der Waals surface area contributed by atoms with Crippen LogP contribution in [0.5, 0.6) is 5.75 Å². The molecule has 2 aromatic rings. The molecule has 1 aliphatic rings. The number of nitrogens with zero attached hydrogens (tertiary/aromatic N) is 1. The van der Waals surface area contributed by atoms with Crippen LogP contribution in [0.3, 0.4) is 0 Å². The maximum Gasteiger partial charge on any atom is 0.223 e. The third kappa shape index (κ3) is 5.97. The Balaban J connectivity index is 1.47. The third-order valence-electron chi connectivity index (χ3n) is 4.93. The molecule has 3 rings (SSSR count).